The van der Waals surface area contributed by atoms with Gasteiger partial charge in [-0.15, -0.1) is 11.3 Å². The minimum atomic E-state index is 1.04. The molecule has 8 aromatic rings. The predicted molar refractivity (Wildman–Crippen MR) is 161 cm³/mol. The number of hydrogen-bond acceptors (Lipinski definition) is 2. The van der Waals surface area contributed by atoms with Crippen molar-refractivity contribution in [2.75, 3.05) is 0 Å². The zero-order valence-electron chi connectivity index (χ0n) is 20.0. The fourth-order valence-electron chi connectivity index (χ4n) is 5.91. The summed E-state index contributed by atoms with van der Waals surface area (Å²) in [5, 5.41) is 8.80. The van der Waals surface area contributed by atoms with E-state index in [4.69, 9.17) is 4.98 Å². The molecule has 0 spiro atoms. The van der Waals surface area contributed by atoms with Crippen LogP contribution in [0.1, 0.15) is 0 Å². The summed E-state index contributed by atoms with van der Waals surface area (Å²) in [7, 11) is 0. The van der Waals surface area contributed by atoms with Gasteiger partial charge in [0, 0.05) is 37.3 Å². The van der Waals surface area contributed by atoms with E-state index in [9.17, 15) is 0 Å². The molecule has 0 bridgehead atoms. The minimum absolute atomic E-state index is 1.04. The number of fused-ring (bicyclic) bond motifs is 6. The Morgan fingerprint density at radius 3 is 2.03 bits per heavy atom. The first kappa shape index (κ1) is 20.6. The maximum atomic E-state index is 5.00. The first-order chi connectivity index (χ1) is 18.4. The average molecular weight is 488 g/mol. The highest BCUT2D eigenvalue weighted by Crippen LogP contribution is 2.45. The number of hydrogen-bond donors (Lipinski definition) is 0. The Bertz CT molecular complexity index is 2090. The Morgan fingerprint density at radius 1 is 0.459 bits per heavy atom. The normalized spacial score (nSPS) is 11.8. The smallest absolute Gasteiger partial charge is 0.0793 e. The van der Waals surface area contributed by atoms with Crippen molar-refractivity contribution in [3.05, 3.63) is 128 Å². The SMILES string of the molecule is c1ccc2c(-c3c4ccccc4c(-c4ccc5sc6ccccc6c5c4)c4cccnc34)cccc2c1. The molecule has 0 atom stereocenters. The van der Waals surface area contributed by atoms with Crippen molar-refractivity contribution in [1.82, 2.24) is 4.98 Å². The van der Waals surface area contributed by atoms with Crippen molar-refractivity contribution in [3.8, 4) is 22.3 Å². The van der Waals surface area contributed by atoms with Crippen molar-refractivity contribution in [2.24, 2.45) is 0 Å². The van der Waals surface area contributed by atoms with Gasteiger partial charge < -0.3 is 0 Å². The van der Waals surface area contributed by atoms with Crippen LogP contribution in [0.3, 0.4) is 0 Å². The Labute approximate surface area is 218 Å². The second kappa shape index (κ2) is 7.99. The van der Waals surface area contributed by atoms with Crippen LogP contribution in [0, 0.1) is 0 Å². The van der Waals surface area contributed by atoms with Crippen LogP contribution in [0.5, 0.6) is 0 Å². The minimum Gasteiger partial charge on any atom is -0.256 e. The summed E-state index contributed by atoms with van der Waals surface area (Å²) in [6.45, 7) is 0. The summed E-state index contributed by atoms with van der Waals surface area (Å²) in [5.41, 5.74) is 5.95. The van der Waals surface area contributed by atoms with Crippen LogP contribution in [0.2, 0.25) is 0 Å². The maximum Gasteiger partial charge on any atom is 0.0793 e. The third kappa shape index (κ3) is 3.06. The lowest BCUT2D eigenvalue weighted by molar-refractivity contribution is 1.42. The lowest BCUT2D eigenvalue weighted by Gasteiger charge is -2.18. The van der Waals surface area contributed by atoms with Gasteiger partial charge in [-0.1, -0.05) is 97.1 Å². The van der Waals surface area contributed by atoms with Crippen molar-refractivity contribution < 1.29 is 0 Å². The highest BCUT2D eigenvalue weighted by molar-refractivity contribution is 7.25. The Morgan fingerprint density at radius 2 is 1.14 bits per heavy atom. The summed E-state index contributed by atoms with van der Waals surface area (Å²) in [4.78, 5) is 5.00. The van der Waals surface area contributed by atoms with Crippen LogP contribution in [-0.2, 0) is 0 Å². The maximum absolute atomic E-state index is 5.00. The molecule has 0 aliphatic heterocycles. The van der Waals surface area contributed by atoms with Crippen LogP contribution in [-0.4, -0.2) is 4.98 Å². The lowest BCUT2D eigenvalue weighted by Crippen LogP contribution is -1.93. The van der Waals surface area contributed by atoms with Gasteiger partial charge in [0.05, 0.1) is 5.52 Å². The molecule has 172 valence electrons. The van der Waals surface area contributed by atoms with Crippen molar-refractivity contribution >= 4 is 64.0 Å². The number of pyridine rings is 1. The van der Waals surface area contributed by atoms with E-state index in [1.54, 1.807) is 0 Å². The van der Waals surface area contributed by atoms with E-state index >= 15 is 0 Å². The van der Waals surface area contributed by atoms with E-state index in [2.05, 4.69) is 121 Å². The molecular formula is C35H21NS. The summed E-state index contributed by atoms with van der Waals surface area (Å²) in [6.07, 6.45) is 1.92. The van der Waals surface area contributed by atoms with Crippen LogP contribution in [0.15, 0.2) is 128 Å². The standard InChI is InChI=1S/C35H21NS/c1-2-11-24-22(9-1)10-7-15-26(24)34-28-14-4-3-13-27(28)33(29-16-8-20-36-35(29)34)23-18-19-32-30(21-23)25-12-5-6-17-31(25)37-32/h1-21H. The molecule has 0 unspecified atom stereocenters. The van der Waals surface area contributed by atoms with Crippen molar-refractivity contribution in [3.63, 3.8) is 0 Å². The topological polar surface area (TPSA) is 12.9 Å². The second-order valence-electron chi connectivity index (χ2n) is 9.53. The molecule has 0 aliphatic carbocycles. The second-order valence-corrected chi connectivity index (χ2v) is 10.6. The first-order valence-electron chi connectivity index (χ1n) is 12.6. The molecule has 37 heavy (non-hydrogen) atoms. The van der Waals surface area contributed by atoms with Crippen molar-refractivity contribution in [1.29, 1.82) is 0 Å². The van der Waals surface area contributed by atoms with Gasteiger partial charge in [-0.2, -0.15) is 0 Å². The summed E-state index contributed by atoms with van der Waals surface area (Å²) in [5.74, 6) is 0. The fraction of sp³-hybridized carbons (Fsp3) is 0. The van der Waals surface area contributed by atoms with Gasteiger partial charge in [-0.3, -0.25) is 4.98 Å². The number of thiophene rings is 1. The number of rotatable bonds is 2. The molecule has 0 amide bonds. The lowest BCUT2D eigenvalue weighted by atomic mass is 9.86. The molecule has 0 saturated heterocycles. The predicted octanol–water partition coefficient (Wildman–Crippen LogP) is 10.2. The molecule has 2 aromatic heterocycles. The highest BCUT2D eigenvalue weighted by atomic mass is 32.1. The third-order valence-corrected chi connectivity index (χ3v) is 8.66. The monoisotopic (exact) mass is 487 g/mol. The molecular weight excluding hydrogens is 466 g/mol. The molecule has 6 aromatic carbocycles. The van der Waals surface area contributed by atoms with E-state index in [1.165, 1.54) is 69.4 Å². The van der Waals surface area contributed by atoms with Crippen LogP contribution in [0.4, 0.5) is 0 Å². The number of nitrogens with zero attached hydrogens (tertiary/aromatic N) is 1. The molecule has 1 nitrogen and oxygen atoms in total. The van der Waals surface area contributed by atoms with Gasteiger partial charge in [0.25, 0.3) is 0 Å². The van der Waals surface area contributed by atoms with Gasteiger partial charge in [-0.25, -0.2) is 0 Å². The van der Waals surface area contributed by atoms with Gasteiger partial charge >= 0.3 is 0 Å². The van der Waals surface area contributed by atoms with Gasteiger partial charge in [-0.05, 0) is 62.5 Å². The molecule has 8 rings (SSSR count). The summed E-state index contributed by atoms with van der Waals surface area (Å²) in [6, 6.07) is 44.0. The summed E-state index contributed by atoms with van der Waals surface area (Å²) < 4.78 is 2.65. The first-order valence-corrected chi connectivity index (χ1v) is 13.4. The summed E-state index contributed by atoms with van der Waals surface area (Å²) >= 11 is 1.86. The van der Waals surface area contributed by atoms with E-state index in [0.717, 1.165) is 5.52 Å². The molecule has 0 N–H and O–H groups in total. The van der Waals surface area contributed by atoms with Crippen LogP contribution >= 0.6 is 11.3 Å². The van der Waals surface area contributed by atoms with E-state index < -0.39 is 0 Å². The Hall–Kier alpha value is -4.53. The van der Waals surface area contributed by atoms with Gasteiger partial charge in [0.1, 0.15) is 0 Å². The van der Waals surface area contributed by atoms with E-state index in [1.807, 2.05) is 17.5 Å². The zero-order valence-corrected chi connectivity index (χ0v) is 20.8. The highest BCUT2D eigenvalue weighted by Gasteiger charge is 2.19. The molecule has 0 radical (unpaired) electrons. The van der Waals surface area contributed by atoms with Crippen LogP contribution in [0.25, 0.3) is 74.9 Å². The number of benzene rings is 6. The molecule has 0 saturated carbocycles. The molecule has 2 heterocycles. The van der Waals surface area contributed by atoms with Crippen molar-refractivity contribution in [2.45, 2.75) is 0 Å². The Balaban J connectivity index is 1.52. The van der Waals surface area contributed by atoms with Crippen LogP contribution < -0.4 is 0 Å². The van der Waals surface area contributed by atoms with E-state index in [0.29, 0.717) is 0 Å². The molecule has 2 heteroatoms. The van der Waals surface area contributed by atoms with E-state index in [-0.39, 0.29) is 0 Å². The fourth-order valence-corrected chi connectivity index (χ4v) is 6.99. The number of aromatic nitrogens is 1. The quantitative estimate of drug-likeness (QED) is 0.221. The molecule has 0 fully saturated rings. The van der Waals surface area contributed by atoms with Gasteiger partial charge in [0.15, 0.2) is 0 Å². The third-order valence-electron chi connectivity index (χ3n) is 7.50. The average Bonchev–Trinajstić information content (AvgIpc) is 3.33. The Kier molecular flexibility index (Phi) is 4.46. The molecule has 0 aliphatic rings. The van der Waals surface area contributed by atoms with Gasteiger partial charge in [0.2, 0.25) is 0 Å². The zero-order chi connectivity index (χ0) is 24.3. The largest absolute Gasteiger partial charge is 0.256 e.